The Kier molecular flexibility index (Phi) is 2.74. The standard InChI is InChI=1S/C2H6B3Br/c3-1(4)2(5)6/h3-5H2. The summed E-state index contributed by atoms with van der Waals surface area (Å²) in [5.74, 6) is 0. The molecular weight excluding hydrogens is 136 g/mol. The second-order valence-electron chi connectivity index (χ2n) is 1.53. The average Bonchev–Trinajstić information content (AvgIpc) is 1.36. The van der Waals surface area contributed by atoms with Crippen molar-refractivity contribution < 1.29 is 0 Å². The van der Waals surface area contributed by atoms with E-state index in [-0.39, 0.29) is 0 Å². The first kappa shape index (κ1) is 6.41. The minimum Gasteiger partial charge on any atom is -0.145 e. The van der Waals surface area contributed by atoms with Crippen molar-refractivity contribution in [3.8, 4) is 0 Å². The summed E-state index contributed by atoms with van der Waals surface area (Å²) in [4.78, 5) is 0. The maximum atomic E-state index is 3.32. The van der Waals surface area contributed by atoms with Gasteiger partial charge in [0.15, 0.2) is 0 Å². The Bertz CT molecular complexity index is 58.9. The lowest BCUT2D eigenvalue weighted by Crippen LogP contribution is -1.81. The van der Waals surface area contributed by atoms with E-state index in [0.29, 0.717) is 0 Å². The Morgan fingerprint density at radius 2 is 1.33 bits per heavy atom. The van der Waals surface area contributed by atoms with E-state index >= 15 is 0 Å². The van der Waals surface area contributed by atoms with Crippen LogP contribution in [-0.2, 0) is 0 Å². The zero-order valence-electron chi connectivity index (χ0n) is 4.38. The van der Waals surface area contributed by atoms with Crippen molar-refractivity contribution in [1.29, 1.82) is 0 Å². The molecule has 0 aromatic heterocycles. The third-order valence-electron chi connectivity index (χ3n) is 0.689. The van der Waals surface area contributed by atoms with Crippen LogP contribution >= 0.6 is 15.9 Å². The van der Waals surface area contributed by atoms with Crippen LogP contribution in [0, 0.1) is 0 Å². The largest absolute Gasteiger partial charge is 0.146 e. The zero-order chi connectivity index (χ0) is 5.15. The lowest BCUT2D eigenvalue weighted by atomic mass is 9.75. The number of hydrogen-bond donors (Lipinski definition) is 0. The van der Waals surface area contributed by atoms with Crippen LogP contribution in [0.3, 0.4) is 0 Å². The molecule has 0 radical (unpaired) electrons. The van der Waals surface area contributed by atoms with Crippen LogP contribution in [0.15, 0.2) is 9.75 Å². The first-order valence-corrected chi connectivity index (χ1v) is 2.73. The minimum atomic E-state index is 1.24. The normalized spacial score (nSPS) is 7.50. The number of rotatable bonds is 0. The van der Waals surface area contributed by atoms with Crippen LogP contribution in [0.2, 0.25) is 0 Å². The Hall–Kier alpha value is 0.415. The topological polar surface area (TPSA) is 0 Å². The molecule has 0 unspecified atom stereocenters. The molecule has 0 aliphatic carbocycles. The van der Waals surface area contributed by atoms with Crippen LogP contribution in [0.5, 0.6) is 0 Å². The summed E-state index contributed by atoms with van der Waals surface area (Å²) in [5.41, 5.74) is 0. The van der Waals surface area contributed by atoms with Crippen LogP contribution in [0.1, 0.15) is 0 Å². The third kappa shape index (κ3) is 2.64. The van der Waals surface area contributed by atoms with E-state index in [0.717, 1.165) is 0 Å². The van der Waals surface area contributed by atoms with Gasteiger partial charge in [-0.3, -0.25) is 0 Å². The van der Waals surface area contributed by atoms with Gasteiger partial charge in [0.2, 0.25) is 0 Å². The zero-order valence-corrected chi connectivity index (χ0v) is 5.96. The molecule has 0 saturated carbocycles. The Morgan fingerprint density at radius 3 is 1.33 bits per heavy atom. The highest BCUT2D eigenvalue weighted by Gasteiger charge is 1.78. The van der Waals surface area contributed by atoms with Gasteiger partial charge in [-0.05, 0) is 0 Å². The molecule has 0 fully saturated rings. The van der Waals surface area contributed by atoms with Gasteiger partial charge >= 0.3 is 0 Å². The third-order valence-corrected chi connectivity index (χ3v) is 1.48. The average molecular weight is 142 g/mol. The Balaban J connectivity index is 3.68. The SMILES string of the molecule is BC(B)=C(B)Br. The van der Waals surface area contributed by atoms with Gasteiger partial charge in [0.25, 0.3) is 0 Å². The van der Waals surface area contributed by atoms with Crippen molar-refractivity contribution in [3.05, 3.63) is 9.75 Å². The van der Waals surface area contributed by atoms with Crippen molar-refractivity contribution in [2.24, 2.45) is 0 Å². The lowest BCUT2D eigenvalue weighted by Gasteiger charge is -1.85. The summed E-state index contributed by atoms with van der Waals surface area (Å²) in [6.45, 7) is 0. The van der Waals surface area contributed by atoms with Gasteiger partial charge in [-0.2, -0.15) is 0 Å². The molecule has 0 rings (SSSR count). The molecule has 0 amide bonds. The number of hydrogen-bond acceptors (Lipinski definition) is 0. The quantitative estimate of drug-likeness (QED) is 0.358. The fraction of sp³-hybridized carbons (Fsp3) is 0. The molecule has 0 bridgehead atoms. The predicted octanol–water partition coefficient (Wildman–Crippen LogP) is -1.59. The van der Waals surface area contributed by atoms with Crippen molar-refractivity contribution in [2.75, 3.05) is 0 Å². The maximum absolute atomic E-state index is 3.32. The molecule has 0 N–H and O–H groups in total. The first-order chi connectivity index (χ1) is 2.64. The van der Waals surface area contributed by atoms with Gasteiger partial charge in [-0.25, -0.2) is 0 Å². The van der Waals surface area contributed by atoms with Crippen molar-refractivity contribution in [1.82, 2.24) is 0 Å². The van der Waals surface area contributed by atoms with Crippen LogP contribution in [0.4, 0.5) is 0 Å². The van der Waals surface area contributed by atoms with E-state index in [1.165, 1.54) is 9.75 Å². The molecule has 0 nitrogen and oxygen atoms in total. The molecule has 0 aromatic rings. The van der Waals surface area contributed by atoms with Crippen LogP contribution < -0.4 is 0 Å². The molecule has 0 heterocycles. The Morgan fingerprint density at radius 1 is 1.17 bits per heavy atom. The van der Waals surface area contributed by atoms with Crippen LogP contribution in [0.25, 0.3) is 0 Å². The molecule has 0 saturated heterocycles. The molecule has 0 spiro atoms. The Labute approximate surface area is 49.7 Å². The minimum absolute atomic E-state index is 1.24. The summed E-state index contributed by atoms with van der Waals surface area (Å²) in [7, 11) is 6.18. The van der Waals surface area contributed by atoms with E-state index in [2.05, 4.69) is 31.6 Å². The monoisotopic (exact) mass is 142 g/mol. The molecule has 0 aliphatic heterocycles. The van der Waals surface area contributed by atoms with E-state index in [9.17, 15) is 0 Å². The van der Waals surface area contributed by atoms with Crippen molar-refractivity contribution in [3.63, 3.8) is 0 Å². The smallest absolute Gasteiger partial charge is 0.145 e. The summed E-state index contributed by atoms with van der Waals surface area (Å²) in [6.07, 6.45) is 0. The summed E-state index contributed by atoms with van der Waals surface area (Å²) in [5, 5.41) is 1.34. The molecule has 30 valence electrons. The van der Waals surface area contributed by atoms with Gasteiger partial charge in [0.05, 0.1) is 0 Å². The molecule has 0 atom stereocenters. The van der Waals surface area contributed by atoms with Crippen molar-refractivity contribution in [2.45, 2.75) is 0 Å². The van der Waals surface area contributed by atoms with Crippen molar-refractivity contribution >= 4 is 39.5 Å². The fourth-order valence-corrected chi connectivity index (χ4v) is 0. The highest BCUT2D eigenvalue weighted by atomic mass is 79.9. The summed E-state index contributed by atoms with van der Waals surface area (Å²) < 4.78 is 1.24. The second-order valence-corrected chi connectivity index (χ2v) is 2.72. The van der Waals surface area contributed by atoms with Gasteiger partial charge in [-0.1, -0.05) is 20.3 Å². The summed E-state index contributed by atoms with van der Waals surface area (Å²) in [6, 6.07) is 0. The predicted molar refractivity (Wildman–Crippen MR) is 41.6 cm³/mol. The van der Waals surface area contributed by atoms with E-state index < -0.39 is 0 Å². The molecule has 4 heteroatoms. The first-order valence-electron chi connectivity index (χ1n) is 1.94. The second kappa shape index (κ2) is 2.56. The highest BCUT2D eigenvalue weighted by molar-refractivity contribution is 9.12. The summed E-state index contributed by atoms with van der Waals surface area (Å²) >= 11 is 3.32. The van der Waals surface area contributed by atoms with Gasteiger partial charge < -0.3 is 0 Å². The molecular formula is C2H6B3Br. The van der Waals surface area contributed by atoms with E-state index in [1.54, 1.807) is 0 Å². The van der Waals surface area contributed by atoms with Gasteiger partial charge in [0.1, 0.15) is 23.5 Å². The highest BCUT2D eigenvalue weighted by Crippen LogP contribution is 1.98. The fourth-order valence-electron chi connectivity index (χ4n) is 0. The molecule has 0 aromatic carbocycles. The van der Waals surface area contributed by atoms with Gasteiger partial charge in [-0.15, -0.1) is 5.37 Å². The lowest BCUT2D eigenvalue weighted by molar-refractivity contribution is 2.29. The van der Waals surface area contributed by atoms with Gasteiger partial charge in [0, 0.05) is 0 Å². The molecule has 0 aliphatic rings. The number of halogens is 1. The van der Waals surface area contributed by atoms with Crippen LogP contribution in [-0.4, -0.2) is 23.5 Å². The van der Waals surface area contributed by atoms with E-state index in [4.69, 9.17) is 0 Å². The molecule has 6 heavy (non-hydrogen) atoms. The maximum Gasteiger partial charge on any atom is 0.146 e. The van der Waals surface area contributed by atoms with E-state index in [1.807, 2.05) is 7.85 Å².